The minimum absolute atomic E-state index is 0.0698. The number of fused-ring (bicyclic) bond motifs is 4. The van der Waals surface area contributed by atoms with E-state index in [0.717, 1.165) is 27.4 Å². The van der Waals surface area contributed by atoms with Gasteiger partial charge in [0.15, 0.2) is 11.5 Å². The molecule has 8 nitrogen and oxygen atoms in total. The van der Waals surface area contributed by atoms with Gasteiger partial charge in [0.1, 0.15) is 5.69 Å². The van der Waals surface area contributed by atoms with Gasteiger partial charge in [-0.05, 0) is 29.1 Å². The Labute approximate surface area is 190 Å². The molecule has 1 amide bonds. The first-order chi connectivity index (χ1) is 16.0. The van der Waals surface area contributed by atoms with Crippen LogP contribution in [0.4, 0.5) is 11.4 Å². The number of hydrogen-bond donors (Lipinski definition) is 3. The quantitative estimate of drug-likeness (QED) is 0.403. The topological polar surface area (TPSA) is 110 Å². The van der Waals surface area contributed by atoms with Crippen molar-refractivity contribution in [2.24, 2.45) is 0 Å². The monoisotopic (exact) mass is 447 g/mol. The number of ether oxygens (including phenoxy) is 3. The first-order valence-corrected chi connectivity index (χ1v) is 10.6. The van der Waals surface area contributed by atoms with Gasteiger partial charge in [0.2, 0.25) is 5.75 Å². The standard InChI is InChI=1S/C25H25N3O5/c1-31-20-9-13-8-18(27-22(13)24(33-3)23(20)32-2)25(30)28-11-14(12-29)21-16-7-5-4-6-15(16)17(26)10-19(21)28/h4-10,14,27,29H,11-12,26H2,1-3H3/t14-/m0/s1. The van der Waals surface area contributed by atoms with Crippen LogP contribution in [-0.2, 0) is 0 Å². The van der Waals surface area contributed by atoms with Crippen LogP contribution in [0.15, 0.2) is 42.5 Å². The number of benzene rings is 3. The fourth-order valence-corrected chi connectivity index (χ4v) is 4.82. The number of carbonyl (C=O) groups excluding carboxylic acids is 1. The molecule has 170 valence electrons. The predicted octanol–water partition coefficient (Wildman–Crippen LogP) is 3.67. The number of nitrogens with one attached hydrogen (secondary N) is 1. The Morgan fingerprint density at radius 1 is 1.09 bits per heavy atom. The number of nitrogens with two attached hydrogens (primary N) is 1. The van der Waals surface area contributed by atoms with Gasteiger partial charge < -0.3 is 34.9 Å². The lowest BCUT2D eigenvalue weighted by Gasteiger charge is -2.18. The zero-order chi connectivity index (χ0) is 23.3. The number of H-pyrrole nitrogens is 1. The third-order valence-electron chi connectivity index (χ3n) is 6.31. The normalized spacial score (nSPS) is 15.2. The number of carbonyl (C=O) groups is 1. The summed E-state index contributed by atoms with van der Waals surface area (Å²) in [5, 5.41) is 12.7. The summed E-state index contributed by atoms with van der Waals surface area (Å²) in [4.78, 5) is 18.5. The molecule has 1 aliphatic heterocycles. The fourth-order valence-electron chi connectivity index (χ4n) is 4.82. The van der Waals surface area contributed by atoms with Crippen LogP contribution in [0.25, 0.3) is 21.7 Å². The lowest BCUT2D eigenvalue weighted by atomic mass is 9.94. The van der Waals surface area contributed by atoms with Gasteiger partial charge in [-0.25, -0.2) is 0 Å². The molecule has 1 atom stereocenters. The molecule has 8 heteroatoms. The highest BCUT2D eigenvalue weighted by Gasteiger charge is 2.35. The first kappa shape index (κ1) is 21.0. The molecule has 0 aliphatic carbocycles. The summed E-state index contributed by atoms with van der Waals surface area (Å²) in [7, 11) is 4.62. The molecule has 0 saturated carbocycles. The second-order valence-electron chi connectivity index (χ2n) is 8.03. The third-order valence-corrected chi connectivity index (χ3v) is 6.31. The number of nitrogen functional groups attached to an aromatic ring is 1. The highest BCUT2D eigenvalue weighted by molar-refractivity contribution is 6.12. The van der Waals surface area contributed by atoms with Gasteiger partial charge in [0.05, 0.1) is 39.1 Å². The van der Waals surface area contributed by atoms with Crippen molar-refractivity contribution in [3.05, 3.63) is 53.7 Å². The van der Waals surface area contributed by atoms with Crippen molar-refractivity contribution in [3.63, 3.8) is 0 Å². The number of anilines is 2. The van der Waals surface area contributed by atoms with Crippen LogP contribution in [-0.4, -0.2) is 50.5 Å². The molecule has 3 aromatic carbocycles. The number of aromatic nitrogens is 1. The molecule has 0 unspecified atom stereocenters. The number of aliphatic hydroxyl groups is 1. The summed E-state index contributed by atoms with van der Waals surface area (Å²) in [5.74, 6) is 0.980. The van der Waals surface area contributed by atoms with Crippen LogP contribution in [0.3, 0.4) is 0 Å². The average molecular weight is 447 g/mol. The van der Waals surface area contributed by atoms with Crippen LogP contribution >= 0.6 is 0 Å². The molecule has 0 saturated heterocycles. The van der Waals surface area contributed by atoms with E-state index in [9.17, 15) is 9.90 Å². The van der Waals surface area contributed by atoms with Crippen molar-refractivity contribution in [3.8, 4) is 17.2 Å². The van der Waals surface area contributed by atoms with Gasteiger partial charge in [-0.2, -0.15) is 0 Å². The van der Waals surface area contributed by atoms with E-state index in [1.165, 1.54) is 14.2 Å². The Morgan fingerprint density at radius 3 is 2.48 bits per heavy atom. The second kappa shape index (κ2) is 7.90. The molecule has 1 aromatic heterocycles. The average Bonchev–Trinajstić information content (AvgIpc) is 3.43. The maximum Gasteiger partial charge on any atom is 0.274 e. The molecule has 0 radical (unpaired) electrons. The molecule has 4 aromatic rings. The van der Waals surface area contributed by atoms with Gasteiger partial charge >= 0.3 is 0 Å². The highest BCUT2D eigenvalue weighted by atomic mass is 16.5. The smallest absolute Gasteiger partial charge is 0.274 e. The molecular formula is C25H25N3O5. The van der Waals surface area contributed by atoms with Crippen LogP contribution in [0, 0.1) is 0 Å². The Morgan fingerprint density at radius 2 is 1.82 bits per heavy atom. The number of hydrogen-bond acceptors (Lipinski definition) is 6. The molecule has 33 heavy (non-hydrogen) atoms. The van der Waals surface area contributed by atoms with E-state index >= 15 is 0 Å². The molecule has 4 N–H and O–H groups in total. The fraction of sp³-hybridized carbons (Fsp3) is 0.240. The summed E-state index contributed by atoms with van der Waals surface area (Å²) in [6.07, 6.45) is 0. The maximum absolute atomic E-state index is 13.7. The van der Waals surface area contributed by atoms with Gasteiger partial charge in [-0.15, -0.1) is 0 Å². The Bertz CT molecular complexity index is 1390. The zero-order valence-electron chi connectivity index (χ0n) is 18.6. The molecule has 5 rings (SSSR count). The minimum Gasteiger partial charge on any atom is -0.493 e. The summed E-state index contributed by atoms with van der Waals surface area (Å²) >= 11 is 0. The predicted molar refractivity (Wildman–Crippen MR) is 128 cm³/mol. The number of rotatable bonds is 5. The maximum atomic E-state index is 13.7. The van der Waals surface area contributed by atoms with E-state index in [0.29, 0.717) is 40.7 Å². The van der Waals surface area contributed by atoms with E-state index in [1.807, 2.05) is 30.3 Å². The molecule has 0 spiro atoms. The summed E-state index contributed by atoms with van der Waals surface area (Å²) in [6, 6.07) is 13.2. The number of aliphatic hydroxyl groups excluding tert-OH is 1. The molecule has 0 bridgehead atoms. The number of aromatic amines is 1. The van der Waals surface area contributed by atoms with Crippen molar-refractivity contribution in [2.45, 2.75) is 5.92 Å². The van der Waals surface area contributed by atoms with Gasteiger partial charge in [0.25, 0.3) is 5.91 Å². The van der Waals surface area contributed by atoms with Crippen molar-refractivity contribution >= 4 is 39.0 Å². The summed E-state index contributed by atoms with van der Waals surface area (Å²) in [6.45, 7) is 0.289. The lowest BCUT2D eigenvalue weighted by molar-refractivity contribution is 0.0983. The van der Waals surface area contributed by atoms with E-state index < -0.39 is 0 Å². The van der Waals surface area contributed by atoms with Gasteiger partial charge in [0, 0.05) is 28.9 Å². The molecule has 0 fully saturated rings. The van der Waals surface area contributed by atoms with Crippen molar-refractivity contribution in [2.75, 3.05) is 45.1 Å². The third kappa shape index (κ3) is 3.06. The van der Waals surface area contributed by atoms with Crippen molar-refractivity contribution in [1.82, 2.24) is 4.98 Å². The van der Waals surface area contributed by atoms with E-state index in [4.69, 9.17) is 19.9 Å². The number of amides is 1. The Balaban J connectivity index is 1.64. The van der Waals surface area contributed by atoms with E-state index in [-0.39, 0.29) is 18.4 Å². The SMILES string of the molecule is COc1cc2cc(C(=O)N3C[C@@H](CO)c4c3cc(N)c3ccccc43)[nH]c2c(OC)c1OC. The summed E-state index contributed by atoms with van der Waals surface area (Å²) < 4.78 is 16.4. The summed E-state index contributed by atoms with van der Waals surface area (Å²) in [5.41, 5.74) is 9.59. The molecular weight excluding hydrogens is 422 g/mol. The second-order valence-corrected chi connectivity index (χ2v) is 8.03. The largest absolute Gasteiger partial charge is 0.493 e. The van der Waals surface area contributed by atoms with E-state index in [2.05, 4.69) is 4.98 Å². The Hall–Kier alpha value is -3.91. The van der Waals surface area contributed by atoms with Crippen LogP contribution in [0.2, 0.25) is 0 Å². The van der Waals surface area contributed by atoms with E-state index in [1.54, 1.807) is 24.1 Å². The van der Waals surface area contributed by atoms with Crippen molar-refractivity contribution in [1.29, 1.82) is 0 Å². The zero-order valence-corrected chi connectivity index (χ0v) is 18.6. The van der Waals surface area contributed by atoms with Crippen LogP contribution in [0.1, 0.15) is 22.0 Å². The number of methoxy groups -OCH3 is 3. The minimum atomic E-state index is -0.224. The first-order valence-electron chi connectivity index (χ1n) is 10.6. The number of nitrogens with zero attached hydrogens (tertiary/aromatic N) is 1. The highest BCUT2D eigenvalue weighted by Crippen LogP contribution is 2.45. The van der Waals surface area contributed by atoms with Crippen molar-refractivity contribution < 1.29 is 24.1 Å². The Kier molecular flexibility index (Phi) is 5.02. The van der Waals surface area contributed by atoms with Gasteiger partial charge in [-0.1, -0.05) is 24.3 Å². The van der Waals surface area contributed by atoms with Crippen LogP contribution in [0.5, 0.6) is 17.2 Å². The molecule has 2 heterocycles. The lowest BCUT2D eigenvalue weighted by Crippen LogP contribution is -2.30. The van der Waals surface area contributed by atoms with Gasteiger partial charge in [-0.3, -0.25) is 4.79 Å². The van der Waals surface area contributed by atoms with Crippen LogP contribution < -0.4 is 24.8 Å². The molecule has 1 aliphatic rings.